The van der Waals surface area contributed by atoms with E-state index in [9.17, 15) is 4.79 Å². The highest BCUT2D eigenvalue weighted by Crippen LogP contribution is 2.31. The third-order valence-corrected chi connectivity index (χ3v) is 5.08. The summed E-state index contributed by atoms with van der Waals surface area (Å²) < 4.78 is 5.26. The summed E-state index contributed by atoms with van der Waals surface area (Å²) in [6.45, 7) is 7.37. The van der Waals surface area contributed by atoms with Crippen LogP contribution in [0.4, 0.5) is 0 Å². The minimum Gasteiger partial charge on any atom is -0.338 e. The van der Waals surface area contributed by atoms with Crippen LogP contribution in [0, 0.1) is 20.8 Å². The maximum atomic E-state index is 13.2. The summed E-state index contributed by atoms with van der Waals surface area (Å²) in [6.07, 6.45) is 0.992. The molecule has 0 aliphatic carbocycles. The number of amides is 1. The van der Waals surface area contributed by atoms with Crippen molar-refractivity contribution in [2.24, 2.45) is 0 Å². The van der Waals surface area contributed by atoms with Gasteiger partial charge < -0.3 is 9.42 Å². The Balaban J connectivity index is 1.65. The summed E-state index contributed by atoms with van der Waals surface area (Å²) in [5, 5.41) is 4.70. The third kappa shape index (κ3) is 2.69. The van der Waals surface area contributed by atoms with Crippen LogP contribution in [-0.4, -0.2) is 34.0 Å². The zero-order valence-corrected chi connectivity index (χ0v) is 14.7. The van der Waals surface area contributed by atoms with E-state index in [0.29, 0.717) is 22.9 Å². The Hall–Kier alpha value is -2.69. The van der Waals surface area contributed by atoms with Crippen LogP contribution in [-0.2, 0) is 0 Å². The molecule has 1 aliphatic rings. The maximum Gasteiger partial charge on any atom is 0.258 e. The van der Waals surface area contributed by atoms with Crippen LogP contribution in [0.5, 0.6) is 0 Å². The molecule has 25 heavy (non-hydrogen) atoms. The average Bonchev–Trinajstić information content (AvgIpc) is 3.21. The van der Waals surface area contributed by atoms with Crippen LogP contribution in [0.3, 0.4) is 0 Å². The molecule has 0 saturated carbocycles. The molecule has 0 spiro atoms. The van der Waals surface area contributed by atoms with E-state index in [2.05, 4.69) is 41.3 Å². The van der Waals surface area contributed by atoms with Crippen LogP contribution < -0.4 is 0 Å². The van der Waals surface area contributed by atoms with Crippen LogP contribution in [0.25, 0.3) is 11.1 Å². The predicted octanol–water partition coefficient (Wildman–Crippen LogP) is 3.78. The van der Waals surface area contributed by atoms with Crippen molar-refractivity contribution in [3.8, 4) is 0 Å². The van der Waals surface area contributed by atoms with Crippen molar-refractivity contribution in [3.05, 3.63) is 58.4 Å². The lowest BCUT2D eigenvalue weighted by Crippen LogP contribution is -2.29. The number of hydrogen-bond acceptors (Lipinski definition) is 4. The lowest BCUT2D eigenvalue weighted by molar-refractivity contribution is 0.0792. The van der Waals surface area contributed by atoms with Crippen molar-refractivity contribution in [2.45, 2.75) is 33.1 Å². The van der Waals surface area contributed by atoms with E-state index >= 15 is 0 Å². The fourth-order valence-electron chi connectivity index (χ4n) is 3.80. The summed E-state index contributed by atoms with van der Waals surface area (Å²) in [4.78, 5) is 19.4. The molecule has 5 nitrogen and oxygen atoms in total. The number of benzene rings is 1. The fraction of sp³-hybridized carbons (Fsp3) is 0.350. The minimum absolute atomic E-state index is 0.0397. The predicted molar refractivity (Wildman–Crippen MR) is 95.7 cm³/mol. The molecule has 1 amide bonds. The quantitative estimate of drug-likeness (QED) is 0.715. The van der Waals surface area contributed by atoms with Gasteiger partial charge in [0.15, 0.2) is 0 Å². The molecule has 2 aromatic heterocycles. The lowest BCUT2D eigenvalue weighted by Gasteiger charge is -2.18. The highest BCUT2D eigenvalue weighted by Gasteiger charge is 2.30. The molecule has 5 heteroatoms. The molecule has 1 fully saturated rings. The van der Waals surface area contributed by atoms with Crippen molar-refractivity contribution < 1.29 is 9.32 Å². The Morgan fingerprint density at radius 2 is 2.04 bits per heavy atom. The molecule has 3 aromatic rings. The third-order valence-electron chi connectivity index (χ3n) is 5.08. The summed E-state index contributed by atoms with van der Waals surface area (Å²) in [5.74, 6) is 0.435. The Bertz CT molecular complexity index is 961. The van der Waals surface area contributed by atoms with Gasteiger partial charge in [-0.2, -0.15) is 0 Å². The van der Waals surface area contributed by atoms with Crippen LogP contribution in [0.1, 0.15) is 45.2 Å². The molecular formula is C20H21N3O2. The molecule has 3 heterocycles. The number of carbonyl (C=O) groups excluding carboxylic acids is 1. The van der Waals surface area contributed by atoms with Crippen molar-refractivity contribution in [1.82, 2.24) is 15.0 Å². The van der Waals surface area contributed by atoms with Gasteiger partial charge in [-0.25, -0.2) is 4.98 Å². The zero-order valence-electron chi connectivity index (χ0n) is 14.7. The van der Waals surface area contributed by atoms with E-state index in [0.717, 1.165) is 30.6 Å². The largest absolute Gasteiger partial charge is 0.338 e. The number of nitrogens with zero attached hydrogens (tertiary/aromatic N) is 3. The number of likely N-dealkylation sites (tertiary alicyclic amines) is 1. The van der Waals surface area contributed by atoms with E-state index in [1.807, 2.05) is 24.8 Å². The highest BCUT2D eigenvalue weighted by atomic mass is 16.5. The second-order valence-electron chi connectivity index (χ2n) is 6.85. The molecule has 1 aromatic carbocycles. The summed E-state index contributed by atoms with van der Waals surface area (Å²) in [7, 11) is 0. The van der Waals surface area contributed by atoms with E-state index < -0.39 is 0 Å². The fourth-order valence-corrected chi connectivity index (χ4v) is 3.80. The van der Waals surface area contributed by atoms with Gasteiger partial charge in [-0.05, 0) is 44.4 Å². The first-order valence-corrected chi connectivity index (χ1v) is 8.63. The smallest absolute Gasteiger partial charge is 0.258 e. The molecule has 4 rings (SSSR count). The van der Waals surface area contributed by atoms with Crippen LogP contribution >= 0.6 is 0 Å². The molecule has 0 N–H and O–H groups in total. The number of hydrogen-bond donors (Lipinski definition) is 0. The van der Waals surface area contributed by atoms with Gasteiger partial charge >= 0.3 is 0 Å². The van der Waals surface area contributed by atoms with Gasteiger partial charge in [0.25, 0.3) is 11.6 Å². The van der Waals surface area contributed by atoms with E-state index in [1.54, 1.807) is 0 Å². The first-order chi connectivity index (χ1) is 12.0. The van der Waals surface area contributed by atoms with Gasteiger partial charge in [0.2, 0.25) is 0 Å². The van der Waals surface area contributed by atoms with Crippen molar-refractivity contribution in [2.75, 3.05) is 13.1 Å². The number of aromatic nitrogens is 2. The van der Waals surface area contributed by atoms with E-state index in [-0.39, 0.29) is 5.91 Å². The number of pyridine rings is 1. The normalized spacial score (nSPS) is 17.4. The molecular weight excluding hydrogens is 314 g/mol. The van der Waals surface area contributed by atoms with Gasteiger partial charge in [-0.1, -0.05) is 29.4 Å². The van der Waals surface area contributed by atoms with Gasteiger partial charge in [0, 0.05) is 24.7 Å². The Morgan fingerprint density at radius 1 is 1.24 bits per heavy atom. The molecule has 1 aliphatic heterocycles. The highest BCUT2D eigenvalue weighted by molar-refractivity contribution is 6.06. The standard InChI is InChI=1S/C20H21N3O2/c1-12-6-4-5-7-16(12)15-8-9-23(11-15)20(24)17-10-13(2)21-19-18(17)14(3)22-25-19/h4-7,10,15H,8-9,11H2,1-3H3/t15-/m1/s1. The summed E-state index contributed by atoms with van der Waals surface area (Å²) in [6, 6.07) is 10.3. The van der Waals surface area contributed by atoms with E-state index in [1.165, 1.54) is 11.1 Å². The summed E-state index contributed by atoms with van der Waals surface area (Å²) >= 11 is 0. The van der Waals surface area contributed by atoms with Crippen molar-refractivity contribution >= 4 is 17.0 Å². The van der Waals surface area contributed by atoms with Gasteiger partial charge in [-0.15, -0.1) is 0 Å². The second kappa shape index (κ2) is 5.99. The molecule has 0 bridgehead atoms. The first-order valence-electron chi connectivity index (χ1n) is 8.63. The Morgan fingerprint density at radius 3 is 2.84 bits per heavy atom. The lowest BCUT2D eigenvalue weighted by atomic mass is 9.94. The molecule has 0 radical (unpaired) electrons. The number of aryl methyl sites for hydroxylation is 3. The number of fused-ring (bicyclic) bond motifs is 1. The van der Waals surface area contributed by atoms with Crippen molar-refractivity contribution in [1.29, 1.82) is 0 Å². The maximum absolute atomic E-state index is 13.2. The van der Waals surface area contributed by atoms with Gasteiger partial charge in [0.1, 0.15) is 0 Å². The Labute approximate surface area is 146 Å². The van der Waals surface area contributed by atoms with Gasteiger partial charge in [0.05, 0.1) is 16.6 Å². The number of rotatable bonds is 2. The minimum atomic E-state index is 0.0397. The molecule has 1 saturated heterocycles. The second-order valence-corrected chi connectivity index (χ2v) is 6.85. The van der Waals surface area contributed by atoms with Gasteiger partial charge in [-0.3, -0.25) is 4.79 Å². The van der Waals surface area contributed by atoms with Crippen molar-refractivity contribution in [3.63, 3.8) is 0 Å². The topological polar surface area (TPSA) is 59.2 Å². The van der Waals surface area contributed by atoms with E-state index in [4.69, 9.17) is 4.52 Å². The Kier molecular flexibility index (Phi) is 3.79. The van der Waals surface area contributed by atoms with Crippen LogP contribution in [0.15, 0.2) is 34.9 Å². The molecule has 128 valence electrons. The zero-order chi connectivity index (χ0) is 17.6. The molecule has 0 unspecified atom stereocenters. The average molecular weight is 335 g/mol. The SMILES string of the molecule is Cc1cc(C(=O)N2CC[C@@H](c3ccccc3C)C2)c2c(C)noc2n1. The van der Waals surface area contributed by atoms with Crippen LogP contribution in [0.2, 0.25) is 0 Å². The molecule has 1 atom stereocenters. The first kappa shape index (κ1) is 15.8. The number of carbonyl (C=O) groups is 1. The summed E-state index contributed by atoms with van der Waals surface area (Å²) in [5.41, 5.74) is 5.19. The monoisotopic (exact) mass is 335 g/mol.